The van der Waals surface area contributed by atoms with E-state index in [1.165, 1.54) is 53.6 Å². The van der Waals surface area contributed by atoms with E-state index >= 15 is 0 Å². The molecule has 6 rings (SSSR count). The van der Waals surface area contributed by atoms with Crippen molar-refractivity contribution in [3.8, 4) is 5.69 Å². The minimum atomic E-state index is 0.819. The summed E-state index contributed by atoms with van der Waals surface area (Å²) in [6.45, 7) is 6.73. The molecule has 0 bridgehead atoms. The van der Waals surface area contributed by atoms with Gasteiger partial charge in [0.05, 0.1) is 11.0 Å². The number of hydrogen-bond acceptors (Lipinski definition) is 2. The standard InChI is InChI=1S/C33H27NS.C3H9N/c1-2-3-4-9-24-14-21-33-31(22-24)30-12-7-8-13-32(30)34(33)27-16-19-28(20-17-27)35-29-18-15-25-10-5-6-11-26(25)23-29;1-2-3-4/h2,5-8,10-23H,1,3-4,9H2;2-4H2,1H3. The zero-order valence-electron chi connectivity index (χ0n) is 22.6. The molecule has 3 heteroatoms. The van der Waals surface area contributed by atoms with Gasteiger partial charge in [0.25, 0.3) is 0 Å². The summed E-state index contributed by atoms with van der Waals surface area (Å²) in [5, 5.41) is 5.19. The van der Waals surface area contributed by atoms with Crippen LogP contribution in [0.1, 0.15) is 31.7 Å². The number of allylic oxidation sites excluding steroid dienone is 1. The lowest BCUT2D eigenvalue weighted by molar-refractivity contribution is 0.845. The first kappa shape index (κ1) is 26.8. The molecule has 1 aromatic heterocycles. The Labute approximate surface area is 236 Å². The number of nitrogens with zero attached hydrogens (tertiary/aromatic N) is 1. The van der Waals surface area contributed by atoms with E-state index in [-0.39, 0.29) is 0 Å². The van der Waals surface area contributed by atoms with Gasteiger partial charge in [-0.1, -0.05) is 79.4 Å². The second-order valence-corrected chi connectivity index (χ2v) is 10.9. The van der Waals surface area contributed by atoms with Crippen LogP contribution in [0.5, 0.6) is 0 Å². The summed E-state index contributed by atoms with van der Waals surface area (Å²) in [5.74, 6) is 0. The van der Waals surface area contributed by atoms with Crippen molar-refractivity contribution < 1.29 is 0 Å². The summed E-state index contributed by atoms with van der Waals surface area (Å²) >= 11 is 1.81. The predicted molar refractivity (Wildman–Crippen MR) is 171 cm³/mol. The Kier molecular flexibility index (Phi) is 8.82. The average Bonchev–Trinajstić information content (AvgIpc) is 3.31. The summed E-state index contributed by atoms with van der Waals surface area (Å²) in [6, 6.07) is 39.9. The second kappa shape index (κ2) is 12.8. The zero-order valence-corrected chi connectivity index (χ0v) is 23.5. The van der Waals surface area contributed by atoms with Gasteiger partial charge in [-0.05, 0) is 103 Å². The third-order valence-electron chi connectivity index (χ3n) is 6.95. The number of aryl methyl sites for hydroxylation is 1. The molecule has 0 atom stereocenters. The fourth-order valence-corrected chi connectivity index (χ4v) is 5.80. The van der Waals surface area contributed by atoms with E-state index in [0.29, 0.717) is 0 Å². The highest BCUT2D eigenvalue weighted by Crippen LogP contribution is 2.35. The molecule has 0 aliphatic rings. The lowest BCUT2D eigenvalue weighted by Gasteiger charge is -2.10. The van der Waals surface area contributed by atoms with E-state index in [0.717, 1.165) is 32.2 Å². The quantitative estimate of drug-likeness (QED) is 0.157. The molecule has 0 aliphatic carbocycles. The molecule has 196 valence electrons. The van der Waals surface area contributed by atoms with Crippen LogP contribution in [0.25, 0.3) is 38.3 Å². The highest BCUT2D eigenvalue weighted by Gasteiger charge is 2.12. The van der Waals surface area contributed by atoms with Crippen LogP contribution in [0, 0.1) is 0 Å². The Morgan fingerprint density at radius 1 is 0.744 bits per heavy atom. The molecule has 2 nitrogen and oxygen atoms in total. The van der Waals surface area contributed by atoms with Crippen molar-refractivity contribution in [3.05, 3.63) is 127 Å². The lowest BCUT2D eigenvalue weighted by Crippen LogP contribution is -1.94. The maximum absolute atomic E-state index is 5.03. The number of rotatable bonds is 8. The van der Waals surface area contributed by atoms with E-state index in [1.54, 1.807) is 0 Å². The van der Waals surface area contributed by atoms with Gasteiger partial charge in [0, 0.05) is 26.3 Å². The minimum absolute atomic E-state index is 0.819. The molecular weight excluding hydrogens is 492 g/mol. The Balaban J connectivity index is 0.000000723. The highest BCUT2D eigenvalue weighted by atomic mass is 32.2. The number of nitrogens with two attached hydrogens (primary N) is 1. The van der Waals surface area contributed by atoms with Gasteiger partial charge in [0.15, 0.2) is 0 Å². The Hall–Kier alpha value is -3.79. The monoisotopic (exact) mass is 528 g/mol. The summed E-state index contributed by atoms with van der Waals surface area (Å²) in [7, 11) is 0. The predicted octanol–water partition coefficient (Wildman–Crippen LogP) is 9.95. The van der Waals surface area contributed by atoms with Crippen molar-refractivity contribution >= 4 is 44.3 Å². The third kappa shape index (κ3) is 6.11. The first-order chi connectivity index (χ1) is 19.2. The Morgan fingerprint density at radius 3 is 2.21 bits per heavy atom. The van der Waals surface area contributed by atoms with Gasteiger partial charge in [-0.15, -0.1) is 6.58 Å². The molecule has 0 radical (unpaired) electrons. The van der Waals surface area contributed by atoms with Crippen molar-refractivity contribution in [2.45, 2.75) is 42.4 Å². The average molecular weight is 529 g/mol. The molecule has 39 heavy (non-hydrogen) atoms. The first-order valence-electron chi connectivity index (χ1n) is 13.8. The molecule has 2 N–H and O–H groups in total. The van der Waals surface area contributed by atoms with Gasteiger partial charge in [0.2, 0.25) is 0 Å². The van der Waals surface area contributed by atoms with Gasteiger partial charge >= 0.3 is 0 Å². The number of aromatic nitrogens is 1. The lowest BCUT2D eigenvalue weighted by atomic mass is 10.0. The molecule has 0 aliphatic heterocycles. The van der Waals surface area contributed by atoms with Crippen LogP contribution in [0.4, 0.5) is 0 Å². The van der Waals surface area contributed by atoms with Crippen LogP contribution >= 0.6 is 11.8 Å². The number of benzene rings is 5. The number of para-hydroxylation sites is 1. The van der Waals surface area contributed by atoms with Gasteiger partial charge in [-0.3, -0.25) is 0 Å². The topological polar surface area (TPSA) is 30.9 Å². The molecule has 0 spiro atoms. The van der Waals surface area contributed by atoms with Crippen molar-refractivity contribution in [2.24, 2.45) is 5.73 Å². The number of fused-ring (bicyclic) bond motifs is 4. The van der Waals surface area contributed by atoms with E-state index in [2.05, 4.69) is 127 Å². The maximum atomic E-state index is 5.03. The van der Waals surface area contributed by atoms with Crippen molar-refractivity contribution in [3.63, 3.8) is 0 Å². The third-order valence-corrected chi connectivity index (χ3v) is 7.95. The molecular formula is C36H36N2S. The van der Waals surface area contributed by atoms with Crippen molar-refractivity contribution in [1.29, 1.82) is 0 Å². The van der Waals surface area contributed by atoms with Crippen molar-refractivity contribution in [1.82, 2.24) is 4.57 Å². The summed E-state index contributed by atoms with van der Waals surface area (Å²) in [5.41, 5.74) is 10.1. The van der Waals surface area contributed by atoms with Gasteiger partial charge in [-0.25, -0.2) is 0 Å². The zero-order chi connectivity index (χ0) is 27.0. The van der Waals surface area contributed by atoms with Gasteiger partial charge in [-0.2, -0.15) is 0 Å². The Bertz CT molecular complexity index is 1690. The Morgan fingerprint density at radius 2 is 1.44 bits per heavy atom. The fourth-order valence-electron chi connectivity index (χ4n) is 4.93. The van der Waals surface area contributed by atoms with Crippen LogP contribution in [0.2, 0.25) is 0 Å². The SMILES string of the molecule is C=CCCCc1ccc2c(c1)c1ccccc1n2-c1ccc(Sc2ccc3ccccc3c2)cc1.CCCN. The molecule has 5 aromatic carbocycles. The summed E-state index contributed by atoms with van der Waals surface area (Å²) in [4.78, 5) is 2.51. The van der Waals surface area contributed by atoms with Crippen LogP contribution in [0.3, 0.4) is 0 Å². The maximum Gasteiger partial charge on any atom is 0.0541 e. The second-order valence-electron chi connectivity index (χ2n) is 9.78. The van der Waals surface area contributed by atoms with Crippen molar-refractivity contribution in [2.75, 3.05) is 6.54 Å². The van der Waals surface area contributed by atoms with Gasteiger partial charge < -0.3 is 10.3 Å². The van der Waals surface area contributed by atoms with Gasteiger partial charge in [0.1, 0.15) is 0 Å². The molecule has 0 saturated heterocycles. The van der Waals surface area contributed by atoms with Crippen LogP contribution < -0.4 is 5.73 Å². The molecule has 0 saturated carbocycles. The van der Waals surface area contributed by atoms with Crippen LogP contribution in [-0.2, 0) is 6.42 Å². The molecule has 0 amide bonds. The van der Waals surface area contributed by atoms with E-state index < -0.39 is 0 Å². The molecule has 0 fully saturated rings. The fraction of sp³-hybridized carbons (Fsp3) is 0.167. The number of unbranched alkanes of at least 4 members (excludes halogenated alkanes) is 1. The van der Waals surface area contributed by atoms with E-state index in [1.807, 2.05) is 17.8 Å². The first-order valence-corrected chi connectivity index (χ1v) is 14.6. The normalized spacial score (nSPS) is 11.0. The van der Waals surface area contributed by atoms with E-state index in [9.17, 15) is 0 Å². The number of hydrogen-bond donors (Lipinski definition) is 1. The smallest absolute Gasteiger partial charge is 0.0541 e. The van der Waals surface area contributed by atoms with Crippen LogP contribution in [-0.4, -0.2) is 11.1 Å². The summed E-state index contributed by atoms with van der Waals surface area (Å²) in [6.07, 6.45) is 6.39. The largest absolute Gasteiger partial charge is 0.330 e. The van der Waals surface area contributed by atoms with E-state index in [4.69, 9.17) is 5.73 Å². The highest BCUT2D eigenvalue weighted by molar-refractivity contribution is 7.99. The molecule has 1 heterocycles. The molecule has 0 unspecified atom stereocenters. The summed E-state index contributed by atoms with van der Waals surface area (Å²) < 4.78 is 2.39. The molecule has 6 aromatic rings. The minimum Gasteiger partial charge on any atom is -0.330 e. The van der Waals surface area contributed by atoms with Crippen LogP contribution in [0.15, 0.2) is 132 Å².